The zero-order chi connectivity index (χ0) is 17.9. The first-order chi connectivity index (χ1) is 12.1. The van der Waals surface area contributed by atoms with Gasteiger partial charge in [0.25, 0.3) is 0 Å². The van der Waals surface area contributed by atoms with E-state index in [1.807, 2.05) is 37.3 Å². The third kappa shape index (κ3) is 4.02. The van der Waals surface area contributed by atoms with Crippen molar-refractivity contribution in [3.8, 4) is 0 Å². The maximum Gasteiger partial charge on any atom is 0.302 e. The van der Waals surface area contributed by atoms with Crippen LogP contribution in [0.3, 0.4) is 0 Å². The second-order valence-electron chi connectivity index (χ2n) is 6.71. The number of carbonyl (C=O) groups is 1. The van der Waals surface area contributed by atoms with E-state index in [1.54, 1.807) is 7.11 Å². The molecule has 0 aromatic heterocycles. The third-order valence-corrected chi connectivity index (χ3v) is 4.95. The molecule has 1 spiro atoms. The van der Waals surface area contributed by atoms with Crippen molar-refractivity contribution in [3.63, 3.8) is 0 Å². The quantitative estimate of drug-likeness (QED) is 0.342. The van der Waals surface area contributed by atoms with Crippen molar-refractivity contribution in [2.75, 3.05) is 13.7 Å². The molecular formula is C19H25NO5. The Morgan fingerprint density at radius 3 is 2.64 bits per heavy atom. The predicted octanol–water partition coefficient (Wildman–Crippen LogP) is 2.70. The molecule has 3 rings (SSSR count). The van der Waals surface area contributed by atoms with Gasteiger partial charge in [-0.25, -0.2) is 0 Å². The maximum atomic E-state index is 11.4. The molecule has 0 N–H and O–H groups in total. The van der Waals surface area contributed by atoms with Crippen molar-refractivity contribution in [1.82, 2.24) is 0 Å². The molecule has 0 radical (unpaired) electrons. The number of carbonyl (C=O) groups excluding carboxylic acids is 1. The molecule has 4 atom stereocenters. The molecule has 1 aliphatic carbocycles. The number of rotatable bonds is 6. The molecule has 6 heteroatoms. The van der Waals surface area contributed by atoms with Crippen LogP contribution >= 0.6 is 0 Å². The van der Waals surface area contributed by atoms with Gasteiger partial charge in [0.2, 0.25) is 0 Å². The van der Waals surface area contributed by atoms with Gasteiger partial charge in [0.05, 0.1) is 18.2 Å². The van der Waals surface area contributed by atoms with Gasteiger partial charge in [-0.15, -0.1) is 0 Å². The highest BCUT2D eigenvalue weighted by Crippen LogP contribution is 2.48. The lowest BCUT2D eigenvalue weighted by atomic mass is 9.73. The highest BCUT2D eigenvalue weighted by Gasteiger charge is 2.60. The zero-order valence-electron chi connectivity index (χ0n) is 14.9. The summed E-state index contributed by atoms with van der Waals surface area (Å²) in [6, 6.07) is 9.88. The van der Waals surface area contributed by atoms with Crippen molar-refractivity contribution >= 4 is 11.7 Å². The highest BCUT2D eigenvalue weighted by atomic mass is 16.6. The van der Waals surface area contributed by atoms with Crippen LogP contribution < -0.4 is 0 Å². The summed E-state index contributed by atoms with van der Waals surface area (Å²) in [5.41, 5.74) is 1.60. The lowest BCUT2D eigenvalue weighted by Gasteiger charge is -2.40. The van der Waals surface area contributed by atoms with Crippen LogP contribution in [-0.2, 0) is 30.4 Å². The van der Waals surface area contributed by atoms with Crippen LogP contribution in [0.25, 0.3) is 0 Å². The van der Waals surface area contributed by atoms with E-state index in [-0.39, 0.29) is 29.7 Å². The zero-order valence-corrected chi connectivity index (χ0v) is 14.9. The van der Waals surface area contributed by atoms with Crippen LogP contribution in [0.1, 0.15) is 32.3 Å². The van der Waals surface area contributed by atoms with E-state index in [0.29, 0.717) is 13.2 Å². The minimum atomic E-state index is -0.298. The van der Waals surface area contributed by atoms with Gasteiger partial charge in [-0.1, -0.05) is 35.5 Å². The van der Waals surface area contributed by atoms with Gasteiger partial charge in [-0.3, -0.25) is 4.79 Å². The summed E-state index contributed by atoms with van der Waals surface area (Å²) in [5, 5.41) is 4.31. The van der Waals surface area contributed by atoms with Crippen LogP contribution in [0.15, 0.2) is 35.5 Å². The van der Waals surface area contributed by atoms with Crippen molar-refractivity contribution in [1.29, 1.82) is 0 Å². The molecule has 1 aromatic rings. The second-order valence-corrected chi connectivity index (χ2v) is 6.71. The Labute approximate surface area is 148 Å². The predicted molar refractivity (Wildman–Crippen MR) is 92.1 cm³/mol. The molecule has 0 amide bonds. The number of ether oxygens (including phenoxy) is 3. The van der Waals surface area contributed by atoms with Gasteiger partial charge in [-0.2, -0.15) is 0 Å². The molecule has 25 heavy (non-hydrogen) atoms. The maximum absolute atomic E-state index is 11.4. The topological polar surface area (TPSA) is 69.7 Å². The van der Waals surface area contributed by atoms with Crippen molar-refractivity contribution < 1.29 is 23.8 Å². The molecule has 2 fully saturated rings. The molecule has 1 aromatic carbocycles. The van der Waals surface area contributed by atoms with Gasteiger partial charge in [0, 0.05) is 14.0 Å². The standard InChI is InChI=1S/C19H25NO5/c1-13(20-24-11-15-7-5-4-6-8-15)17-18(22-3)16(25-14(2)21)9-10-19(17)12-23-19/h4-8,16-18H,9-12H2,1-3H3/b20-13+/t16-,17+,18-,19+/m1/s1. The van der Waals surface area contributed by atoms with Crippen molar-refractivity contribution in [3.05, 3.63) is 35.9 Å². The largest absolute Gasteiger partial charge is 0.460 e. The normalized spacial score (nSPS) is 31.6. The Hall–Kier alpha value is -1.92. The van der Waals surface area contributed by atoms with E-state index in [4.69, 9.17) is 19.0 Å². The van der Waals surface area contributed by atoms with E-state index in [2.05, 4.69) is 5.16 Å². The third-order valence-electron chi connectivity index (χ3n) is 4.95. The number of benzene rings is 1. The van der Waals surface area contributed by atoms with Crippen LogP contribution in [0.5, 0.6) is 0 Å². The summed E-state index contributed by atoms with van der Waals surface area (Å²) in [7, 11) is 1.63. The number of esters is 1. The Bertz CT molecular complexity index is 626. The second kappa shape index (κ2) is 7.54. The molecule has 1 saturated heterocycles. The first kappa shape index (κ1) is 17.9. The van der Waals surface area contributed by atoms with Gasteiger partial charge >= 0.3 is 5.97 Å². The van der Waals surface area contributed by atoms with Crippen LogP contribution in [0.4, 0.5) is 0 Å². The van der Waals surface area contributed by atoms with Crippen LogP contribution in [0.2, 0.25) is 0 Å². The van der Waals surface area contributed by atoms with Crippen LogP contribution in [-0.4, -0.2) is 43.2 Å². The molecule has 6 nitrogen and oxygen atoms in total. The van der Waals surface area contributed by atoms with E-state index in [9.17, 15) is 4.79 Å². The van der Waals surface area contributed by atoms with E-state index < -0.39 is 0 Å². The molecule has 1 aliphatic heterocycles. The summed E-state index contributed by atoms with van der Waals surface area (Å²) in [6.07, 6.45) is 0.971. The van der Waals surface area contributed by atoms with Crippen molar-refractivity contribution in [2.24, 2.45) is 11.1 Å². The lowest BCUT2D eigenvalue weighted by molar-refractivity contribution is -0.161. The van der Waals surface area contributed by atoms with Gasteiger partial charge in [0.15, 0.2) is 0 Å². The molecular weight excluding hydrogens is 322 g/mol. The number of epoxide rings is 1. The number of methoxy groups -OCH3 is 1. The van der Waals surface area contributed by atoms with E-state index >= 15 is 0 Å². The number of hydrogen-bond donors (Lipinski definition) is 0. The Kier molecular flexibility index (Phi) is 5.39. The number of hydrogen-bond acceptors (Lipinski definition) is 6. The minimum absolute atomic E-state index is 0.0913. The molecule has 0 unspecified atom stereocenters. The number of nitrogens with zero attached hydrogens (tertiary/aromatic N) is 1. The first-order valence-electron chi connectivity index (χ1n) is 8.60. The average Bonchev–Trinajstić information content (AvgIpc) is 3.36. The van der Waals surface area contributed by atoms with Crippen molar-refractivity contribution in [2.45, 2.75) is 51.1 Å². The molecule has 1 heterocycles. The monoisotopic (exact) mass is 347 g/mol. The summed E-state index contributed by atoms with van der Waals surface area (Å²) in [6.45, 7) is 4.42. The fraction of sp³-hybridized carbons (Fsp3) is 0.579. The van der Waals surface area contributed by atoms with Gasteiger partial charge in [0.1, 0.15) is 24.4 Å². The van der Waals surface area contributed by atoms with Crippen LogP contribution in [0, 0.1) is 5.92 Å². The summed E-state index contributed by atoms with van der Waals surface area (Å²) in [5.74, 6) is -0.389. The summed E-state index contributed by atoms with van der Waals surface area (Å²) in [4.78, 5) is 16.9. The SMILES string of the molecule is CO[C@@H]1[C@H](OC(C)=O)CC[C@]2(CO2)[C@H]1/C(C)=N/OCc1ccccc1. The van der Waals surface area contributed by atoms with Gasteiger partial charge in [-0.05, 0) is 25.3 Å². The molecule has 0 bridgehead atoms. The lowest BCUT2D eigenvalue weighted by Crippen LogP contribution is -2.52. The molecule has 136 valence electrons. The minimum Gasteiger partial charge on any atom is -0.460 e. The summed E-state index contributed by atoms with van der Waals surface area (Å²) < 4.78 is 16.9. The summed E-state index contributed by atoms with van der Waals surface area (Å²) >= 11 is 0. The molecule has 2 aliphatic rings. The fourth-order valence-electron chi connectivity index (χ4n) is 3.72. The molecule has 1 saturated carbocycles. The van der Waals surface area contributed by atoms with E-state index in [0.717, 1.165) is 24.1 Å². The highest BCUT2D eigenvalue weighted by molar-refractivity contribution is 5.86. The smallest absolute Gasteiger partial charge is 0.302 e. The Morgan fingerprint density at radius 2 is 2.04 bits per heavy atom. The number of oxime groups is 1. The Morgan fingerprint density at radius 1 is 1.32 bits per heavy atom. The van der Waals surface area contributed by atoms with E-state index in [1.165, 1.54) is 6.92 Å². The van der Waals surface area contributed by atoms with Gasteiger partial charge < -0.3 is 19.0 Å². The first-order valence-corrected chi connectivity index (χ1v) is 8.60. The fourth-order valence-corrected chi connectivity index (χ4v) is 3.72. The Balaban J connectivity index is 1.71. The average molecular weight is 347 g/mol.